The molecule has 0 aliphatic heterocycles. The summed E-state index contributed by atoms with van der Waals surface area (Å²) in [5.74, 6) is 0.893. The van der Waals surface area contributed by atoms with Gasteiger partial charge >= 0.3 is 0 Å². The number of pyridine rings is 1. The van der Waals surface area contributed by atoms with Gasteiger partial charge in [-0.25, -0.2) is 4.98 Å². The number of halogens is 1. The van der Waals surface area contributed by atoms with E-state index in [2.05, 4.69) is 36.3 Å². The van der Waals surface area contributed by atoms with Crippen molar-refractivity contribution in [3.63, 3.8) is 0 Å². The average Bonchev–Trinajstić information content (AvgIpc) is 2.71. The van der Waals surface area contributed by atoms with E-state index in [1.165, 1.54) is 0 Å². The normalized spacial score (nSPS) is 12.5. The van der Waals surface area contributed by atoms with Crippen LogP contribution in [0, 0.1) is 6.92 Å². The number of nitrogens with zero attached hydrogens (tertiary/aromatic N) is 4. The summed E-state index contributed by atoms with van der Waals surface area (Å²) in [6, 6.07) is 0.0808. The lowest BCUT2D eigenvalue weighted by molar-refractivity contribution is 0.661. The molecule has 2 rings (SSSR count). The first-order valence-electron chi connectivity index (χ1n) is 5.30. The van der Waals surface area contributed by atoms with E-state index in [0.717, 1.165) is 21.5 Å². The Labute approximate surface area is 108 Å². The quantitative estimate of drug-likeness (QED) is 0.945. The van der Waals surface area contributed by atoms with Gasteiger partial charge in [0, 0.05) is 17.7 Å². The number of aryl methyl sites for hydroxylation is 1. The third-order valence-electron chi connectivity index (χ3n) is 2.66. The highest BCUT2D eigenvalue weighted by molar-refractivity contribution is 9.10. The summed E-state index contributed by atoms with van der Waals surface area (Å²) in [4.78, 5) is 8.37. The van der Waals surface area contributed by atoms with Gasteiger partial charge in [0.15, 0.2) is 0 Å². The molecule has 2 aromatic heterocycles. The highest BCUT2D eigenvalue weighted by Crippen LogP contribution is 2.25. The zero-order valence-electron chi connectivity index (χ0n) is 9.98. The minimum absolute atomic E-state index is 0.0808. The Kier molecular flexibility index (Phi) is 3.42. The molecule has 0 saturated heterocycles. The molecule has 1 atom stereocenters. The zero-order chi connectivity index (χ0) is 12.4. The van der Waals surface area contributed by atoms with E-state index in [1.54, 1.807) is 17.2 Å². The molecule has 17 heavy (non-hydrogen) atoms. The van der Waals surface area contributed by atoms with Crippen LogP contribution in [0.4, 0.5) is 5.69 Å². The average molecular weight is 296 g/mol. The van der Waals surface area contributed by atoms with E-state index in [0.29, 0.717) is 0 Å². The molecule has 1 unspecified atom stereocenters. The van der Waals surface area contributed by atoms with Crippen molar-refractivity contribution in [1.82, 2.24) is 19.7 Å². The van der Waals surface area contributed by atoms with E-state index in [-0.39, 0.29) is 6.04 Å². The molecule has 6 heteroatoms. The molecule has 0 bridgehead atoms. The largest absolute Gasteiger partial charge is 0.374 e. The maximum atomic E-state index is 4.22. The molecule has 5 nitrogen and oxygen atoms in total. The van der Waals surface area contributed by atoms with E-state index >= 15 is 0 Å². The lowest BCUT2D eigenvalue weighted by Gasteiger charge is -2.16. The Morgan fingerprint density at radius 3 is 2.82 bits per heavy atom. The monoisotopic (exact) mass is 295 g/mol. The fourth-order valence-electron chi connectivity index (χ4n) is 1.64. The van der Waals surface area contributed by atoms with Crippen LogP contribution in [0.15, 0.2) is 23.2 Å². The summed E-state index contributed by atoms with van der Waals surface area (Å²) in [7, 11) is 1.88. The fraction of sp³-hybridized carbons (Fsp3) is 0.364. The molecule has 2 aromatic rings. The molecule has 0 spiro atoms. The second-order valence-corrected chi connectivity index (χ2v) is 4.76. The molecule has 90 valence electrons. The SMILES string of the molecule is Cc1c(Br)cncc1NC(C)c1ncnn1C. The number of aromatic nitrogens is 4. The molecule has 0 saturated carbocycles. The minimum atomic E-state index is 0.0808. The van der Waals surface area contributed by atoms with Crippen LogP contribution in [0.5, 0.6) is 0 Å². The van der Waals surface area contributed by atoms with Crippen molar-refractivity contribution in [3.8, 4) is 0 Å². The van der Waals surface area contributed by atoms with Crippen molar-refractivity contribution in [1.29, 1.82) is 0 Å². The first-order valence-corrected chi connectivity index (χ1v) is 6.09. The van der Waals surface area contributed by atoms with Crippen LogP contribution in [-0.4, -0.2) is 19.7 Å². The maximum absolute atomic E-state index is 4.22. The highest BCUT2D eigenvalue weighted by Gasteiger charge is 2.12. The number of rotatable bonds is 3. The first kappa shape index (κ1) is 12.0. The number of anilines is 1. The van der Waals surface area contributed by atoms with E-state index in [1.807, 2.05) is 27.1 Å². The molecular weight excluding hydrogens is 282 g/mol. The minimum Gasteiger partial charge on any atom is -0.374 e. The Hall–Kier alpha value is -1.43. The van der Waals surface area contributed by atoms with Gasteiger partial charge in [-0.2, -0.15) is 5.10 Å². The standard InChI is InChI=1S/C11H14BrN5/c1-7-9(12)4-13-5-10(7)16-8(2)11-14-6-15-17(11)3/h4-6,8,16H,1-3H3. The molecule has 0 aliphatic rings. The lowest BCUT2D eigenvalue weighted by Crippen LogP contribution is -2.13. The van der Waals surface area contributed by atoms with Gasteiger partial charge in [-0.1, -0.05) is 0 Å². The first-order chi connectivity index (χ1) is 8.09. The van der Waals surface area contributed by atoms with Gasteiger partial charge in [-0.05, 0) is 35.3 Å². The van der Waals surface area contributed by atoms with Gasteiger partial charge in [0.2, 0.25) is 0 Å². The van der Waals surface area contributed by atoms with Crippen LogP contribution in [0.2, 0.25) is 0 Å². The van der Waals surface area contributed by atoms with Crippen LogP contribution in [0.3, 0.4) is 0 Å². The summed E-state index contributed by atoms with van der Waals surface area (Å²) in [5.41, 5.74) is 2.13. The van der Waals surface area contributed by atoms with Crippen LogP contribution in [0.1, 0.15) is 24.4 Å². The van der Waals surface area contributed by atoms with Crippen molar-refractivity contribution >= 4 is 21.6 Å². The zero-order valence-corrected chi connectivity index (χ0v) is 11.6. The van der Waals surface area contributed by atoms with Gasteiger partial charge in [0.05, 0.1) is 17.9 Å². The van der Waals surface area contributed by atoms with Crippen LogP contribution in [0.25, 0.3) is 0 Å². The van der Waals surface area contributed by atoms with E-state index in [4.69, 9.17) is 0 Å². The molecule has 0 aromatic carbocycles. The Balaban J connectivity index is 2.22. The van der Waals surface area contributed by atoms with Crippen molar-refractivity contribution in [3.05, 3.63) is 34.6 Å². The smallest absolute Gasteiger partial charge is 0.148 e. The molecule has 0 radical (unpaired) electrons. The summed E-state index contributed by atoms with van der Waals surface area (Å²) >= 11 is 3.46. The molecule has 1 N–H and O–H groups in total. The number of nitrogens with one attached hydrogen (secondary N) is 1. The molecule has 0 amide bonds. The predicted octanol–water partition coefficient (Wildman–Crippen LogP) is 2.45. The maximum Gasteiger partial charge on any atom is 0.148 e. The topological polar surface area (TPSA) is 55.6 Å². The highest BCUT2D eigenvalue weighted by atomic mass is 79.9. The summed E-state index contributed by atoms with van der Waals surface area (Å²) in [6.45, 7) is 4.09. The lowest BCUT2D eigenvalue weighted by atomic mass is 10.2. The third-order valence-corrected chi connectivity index (χ3v) is 3.46. The Bertz CT molecular complexity index is 522. The van der Waals surface area contributed by atoms with Crippen LogP contribution < -0.4 is 5.32 Å². The second-order valence-electron chi connectivity index (χ2n) is 3.90. The fourth-order valence-corrected chi connectivity index (χ4v) is 1.97. The van der Waals surface area contributed by atoms with Crippen molar-refractivity contribution < 1.29 is 0 Å². The van der Waals surface area contributed by atoms with E-state index in [9.17, 15) is 0 Å². The molecule has 2 heterocycles. The summed E-state index contributed by atoms with van der Waals surface area (Å²) in [5, 5.41) is 7.44. The number of hydrogen-bond acceptors (Lipinski definition) is 4. The predicted molar refractivity (Wildman–Crippen MR) is 69.7 cm³/mol. The van der Waals surface area contributed by atoms with Crippen LogP contribution in [-0.2, 0) is 7.05 Å². The summed E-state index contributed by atoms with van der Waals surface area (Å²) < 4.78 is 2.76. The Morgan fingerprint density at radius 1 is 1.41 bits per heavy atom. The molecular formula is C11H14BrN5. The molecule has 0 fully saturated rings. The second kappa shape index (κ2) is 4.83. The Morgan fingerprint density at radius 2 is 2.18 bits per heavy atom. The van der Waals surface area contributed by atoms with Crippen molar-refractivity contribution in [2.24, 2.45) is 7.05 Å². The van der Waals surface area contributed by atoms with Gasteiger partial charge in [-0.3, -0.25) is 9.67 Å². The van der Waals surface area contributed by atoms with Gasteiger partial charge < -0.3 is 5.32 Å². The molecule has 0 aliphatic carbocycles. The van der Waals surface area contributed by atoms with E-state index < -0.39 is 0 Å². The van der Waals surface area contributed by atoms with Gasteiger partial charge in [0.1, 0.15) is 12.2 Å². The van der Waals surface area contributed by atoms with Gasteiger partial charge in [-0.15, -0.1) is 0 Å². The summed E-state index contributed by atoms with van der Waals surface area (Å²) in [6.07, 6.45) is 5.15. The van der Waals surface area contributed by atoms with Crippen molar-refractivity contribution in [2.45, 2.75) is 19.9 Å². The third kappa shape index (κ3) is 2.46. The van der Waals surface area contributed by atoms with Crippen molar-refractivity contribution in [2.75, 3.05) is 5.32 Å². The van der Waals surface area contributed by atoms with Gasteiger partial charge in [0.25, 0.3) is 0 Å². The number of hydrogen-bond donors (Lipinski definition) is 1. The van der Waals surface area contributed by atoms with Crippen LogP contribution >= 0.6 is 15.9 Å².